The molecule has 0 aliphatic carbocycles. The maximum absolute atomic E-state index is 12.7. The average Bonchev–Trinajstić information content (AvgIpc) is 3.43. The van der Waals surface area contributed by atoms with Crippen LogP contribution in [0.3, 0.4) is 0 Å². The van der Waals surface area contributed by atoms with Crippen LogP contribution in [0.2, 0.25) is 0 Å². The molecule has 2 saturated heterocycles. The van der Waals surface area contributed by atoms with Gasteiger partial charge in [0.15, 0.2) is 0 Å². The smallest absolute Gasteiger partial charge is 0.261 e. The van der Waals surface area contributed by atoms with E-state index < -0.39 is 0 Å². The van der Waals surface area contributed by atoms with Crippen molar-refractivity contribution >= 4 is 28.2 Å². The van der Waals surface area contributed by atoms with E-state index in [0.29, 0.717) is 18.1 Å². The minimum Gasteiger partial charge on any atom is -0.378 e. The van der Waals surface area contributed by atoms with E-state index >= 15 is 0 Å². The Morgan fingerprint density at radius 2 is 1.75 bits per heavy atom. The Hall–Kier alpha value is -2.38. The zero-order valence-corrected chi connectivity index (χ0v) is 16.7. The molecule has 0 saturated carbocycles. The van der Waals surface area contributed by atoms with Crippen LogP contribution in [0.25, 0.3) is 11.1 Å². The first kappa shape index (κ1) is 19.0. The second-order valence-electron chi connectivity index (χ2n) is 7.07. The number of likely N-dealkylation sites (tertiary alicyclic amines) is 1. The van der Waals surface area contributed by atoms with Gasteiger partial charge in [0.2, 0.25) is 5.91 Å². The van der Waals surface area contributed by atoms with Crippen LogP contribution in [0.5, 0.6) is 0 Å². The fourth-order valence-corrected chi connectivity index (χ4v) is 4.79. The molecule has 28 heavy (non-hydrogen) atoms. The van der Waals surface area contributed by atoms with Crippen molar-refractivity contribution in [1.82, 2.24) is 10.2 Å². The molecule has 0 bridgehead atoms. The van der Waals surface area contributed by atoms with Gasteiger partial charge in [-0.2, -0.15) is 0 Å². The Bertz CT molecular complexity index is 825. The lowest BCUT2D eigenvalue weighted by atomic mass is 10.1. The number of benzene rings is 1. The van der Waals surface area contributed by atoms with Crippen molar-refractivity contribution in [3.63, 3.8) is 0 Å². The van der Waals surface area contributed by atoms with Gasteiger partial charge in [-0.15, -0.1) is 11.3 Å². The fraction of sp³-hybridized carbons (Fsp3) is 0.429. The average molecular weight is 400 g/mol. The fourth-order valence-electron chi connectivity index (χ4n) is 3.64. The van der Waals surface area contributed by atoms with Gasteiger partial charge in [-0.05, 0) is 24.5 Å². The summed E-state index contributed by atoms with van der Waals surface area (Å²) < 4.78 is 5.48. The molecule has 2 fully saturated rings. The van der Waals surface area contributed by atoms with E-state index in [1.165, 1.54) is 11.3 Å². The first-order valence-corrected chi connectivity index (χ1v) is 10.6. The van der Waals surface area contributed by atoms with Crippen LogP contribution in [0.15, 0.2) is 36.4 Å². The Morgan fingerprint density at radius 1 is 1.04 bits per heavy atom. The van der Waals surface area contributed by atoms with Gasteiger partial charge in [0.05, 0.1) is 29.6 Å². The summed E-state index contributed by atoms with van der Waals surface area (Å²) in [4.78, 5) is 29.7. The second-order valence-corrected chi connectivity index (χ2v) is 8.10. The molecule has 1 aromatic heterocycles. The molecule has 4 rings (SSSR count). The summed E-state index contributed by atoms with van der Waals surface area (Å²) in [6.45, 7) is 4.67. The van der Waals surface area contributed by atoms with E-state index in [-0.39, 0.29) is 18.4 Å². The van der Waals surface area contributed by atoms with Gasteiger partial charge in [0.1, 0.15) is 0 Å². The van der Waals surface area contributed by atoms with Crippen molar-refractivity contribution in [2.75, 3.05) is 50.8 Å². The molecule has 1 aromatic carbocycles. The second kappa shape index (κ2) is 8.75. The van der Waals surface area contributed by atoms with Crippen LogP contribution in [0, 0.1) is 0 Å². The molecule has 148 valence electrons. The topological polar surface area (TPSA) is 61.9 Å². The molecule has 2 aliphatic heterocycles. The molecule has 0 unspecified atom stereocenters. The maximum atomic E-state index is 12.7. The molecule has 0 atom stereocenters. The largest absolute Gasteiger partial charge is 0.378 e. The van der Waals surface area contributed by atoms with Crippen molar-refractivity contribution in [3.05, 3.63) is 41.3 Å². The van der Waals surface area contributed by atoms with Crippen molar-refractivity contribution in [1.29, 1.82) is 0 Å². The Balaban J connectivity index is 1.52. The van der Waals surface area contributed by atoms with E-state index in [4.69, 9.17) is 4.74 Å². The van der Waals surface area contributed by atoms with Crippen LogP contribution in [-0.4, -0.2) is 62.7 Å². The van der Waals surface area contributed by atoms with E-state index in [0.717, 1.165) is 55.1 Å². The highest BCUT2D eigenvalue weighted by molar-refractivity contribution is 7.18. The summed E-state index contributed by atoms with van der Waals surface area (Å²) >= 11 is 1.49. The van der Waals surface area contributed by atoms with Gasteiger partial charge < -0.3 is 19.9 Å². The van der Waals surface area contributed by atoms with Crippen LogP contribution in [0.1, 0.15) is 22.5 Å². The van der Waals surface area contributed by atoms with E-state index in [9.17, 15) is 9.59 Å². The summed E-state index contributed by atoms with van der Waals surface area (Å²) in [5.41, 5.74) is 2.15. The molecule has 2 aliphatic rings. The summed E-state index contributed by atoms with van der Waals surface area (Å²) in [6, 6.07) is 12.1. The molecule has 6 nitrogen and oxygen atoms in total. The lowest BCUT2D eigenvalue weighted by molar-refractivity contribution is -0.129. The molecule has 7 heteroatoms. The standard InChI is InChI=1S/C21H25N3O3S/c25-19(23-8-4-5-9-23)15-22-20(26)18-14-17(16-6-2-1-3-7-16)21(28-18)24-10-12-27-13-11-24/h1-3,6-7,14H,4-5,8-13,15H2,(H,22,26). The van der Waals surface area contributed by atoms with Crippen molar-refractivity contribution in [2.45, 2.75) is 12.8 Å². The molecule has 0 spiro atoms. The number of rotatable bonds is 5. The first-order valence-electron chi connectivity index (χ1n) is 9.80. The van der Waals surface area contributed by atoms with E-state index in [1.54, 1.807) is 0 Å². The number of carbonyl (C=O) groups is 2. The third-order valence-corrected chi connectivity index (χ3v) is 6.37. The predicted octanol–water partition coefficient (Wildman–Crippen LogP) is 2.60. The molecule has 3 heterocycles. The van der Waals surface area contributed by atoms with Crippen molar-refractivity contribution in [2.24, 2.45) is 0 Å². The SMILES string of the molecule is O=C(NCC(=O)N1CCCC1)c1cc(-c2ccccc2)c(N2CCOCC2)s1. The first-order chi connectivity index (χ1) is 13.7. The minimum absolute atomic E-state index is 0.000841. The number of amides is 2. The Kier molecular flexibility index (Phi) is 5.92. The minimum atomic E-state index is -0.186. The van der Waals surface area contributed by atoms with Gasteiger partial charge in [0.25, 0.3) is 5.91 Å². The highest BCUT2D eigenvalue weighted by atomic mass is 32.1. The van der Waals surface area contributed by atoms with Crippen LogP contribution < -0.4 is 10.2 Å². The Labute approximate surface area is 169 Å². The number of thiophene rings is 1. The number of morpholine rings is 1. The highest BCUT2D eigenvalue weighted by Gasteiger charge is 2.23. The summed E-state index contributed by atoms with van der Waals surface area (Å²) in [6.07, 6.45) is 2.10. The van der Waals surface area contributed by atoms with Gasteiger partial charge in [-0.3, -0.25) is 9.59 Å². The van der Waals surface area contributed by atoms with Gasteiger partial charge >= 0.3 is 0 Å². The number of carbonyl (C=O) groups excluding carboxylic acids is 2. The van der Waals surface area contributed by atoms with E-state index in [2.05, 4.69) is 22.3 Å². The lowest BCUT2D eigenvalue weighted by Gasteiger charge is -2.28. The molecular formula is C21H25N3O3S. The zero-order chi connectivity index (χ0) is 19.3. The lowest BCUT2D eigenvalue weighted by Crippen LogP contribution is -2.38. The van der Waals surface area contributed by atoms with Crippen LogP contribution in [0.4, 0.5) is 5.00 Å². The third-order valence-electron chi connectivity index (χ3n) is 5.18. The summed E-state index contributed by atoms with van der Waals surface area (Å²) in [7, 11) is 0. The quantitative estimate of drug-likeness (QED) is 0.840. The molecule has 2 aromatic rings. The summed E-state index contributed by atoms with van der Waals surface area (Å²) in [5, 5.41) is 3.90. The summed E-state index contributed by atoms with van der Waals surface area (Å²) in [5.74, 6) is -0.187. The maximum Gasteiger partial charge on any atom is 0.261 e. The number of anilines is 1. The molecule has 2 amide bonds. The normalized spacial score (nSPS) is 17.0. The van der Waals surface area contributed by atoms with Gasteiger partial charge in [-0.1, -0.05) is 30.3 Å². The number of nitrogens with one attached hydrogen (secondary N) is 1. The van der Waals surface area contributed by atoms with E-state index in [1.807, 2.05) is 29.2 Å². The molecule has 0 radical (unpaired) electrons. The van der Waals surface area contributed by atoms with Gasteiger partial charge in [0, 0.05) is 31.7 Å². The monoisotopic (exact) mass is 399 g/mol. The van der Waals surface area contributed by atoms with Crippen molar-refractivity contribution in [3.8, 4) is 11.1 Å². The van der Waals surface area contributed by atoms with Crippen LogP contribution >= 0.6 is 11.3 Å². The zero-order valence-electron chi connectivity index (χ0n) is 15.9. The Morgan fingerprint density at radius 3 is 2.46 bits per heavy atom. The number of hydrogen-bond acceptors (Lipinski definition) is 5. The third kappa shape index (κ3) is 4.20. The predicted molar refractivity (Wildman–Crippen MR) is 111 cm³/mol. The molecule has 1 N–H and O–H groups in total. The molecular weight excluding hydrogens is 374 g/mol. The highest BCUT2D eigenvalue weighted by Crippen LogP contribution is 2.39. The number of ether oxygens (including phenoxy) is 1. The van der Waals surface area contributed by atoms with Gasteiger partial charge in [-0.25, -0.2) is 0 Å². The number of hydrogen-bond donors (Lipinski definition) is 1. The van der Waals surface area contributed by atoms with Crippen LogP contribution in [-0.2, 0) is 9.53 Å². The number of nitrogens with zero attached hydrogens (tertiary/aromatic N) is 2. The van der Waals surface area contributed by atoms with Crippen molar-refractivity contribution < 1.29 is 14.3 Å².